The number of ether oxygens (including phenoxy) is 1. The summed E-state index contributed by atoms with van der Waals surface area (Å²) in [7, 11) is 0. The summed E-state index contributed by atoms with van der Waals surface area (Å²) in [6, 6.07) is 9.88. The zero-order valence-corrected chi connectivity index (χ0v) is 11.4. The van der Waals surface area contributed by atoms with Crippen LogP contribution in [0.2, 0.25) is 0 Å². The lowest BCUT2D eigenvalue weighted by molar-refractivity contribution is 0.0518. The first-order valence-electron chi connectivity index (χ1n) is 6.09. The molecule has 0 aliphatic heterocycles. The van der Waals surface area contributed by atoms with E-state index >= 15 is 0 Å². The third-order valence-electron chi connectivity index (χ3n) is 2.12. The number of carbonyl (C=O) groups excluding carboxylic acids is 1. The number of nitrogens with one attached hydrogen (secondary N) is 1. The van der Waals surface area contributed by atoms with Crippen molar-refractivity contribution in [3.8, 4) is 0 Å². The topological polar surface area (TPSA) is 38.3 Å². The van der Waals surface area contributed by atoms with Crippen LogP contribution < -0.4 is 5.32 Å². The van der Waals surface area contributed by atoms with Crippen molar-refractivity contribution in [2.75, 3.05) is 0 Å². The second-order valence-electron chi connectivity index (χ2n) is 5.20. The van der Waals surface area contributed by atoms with Gasteiger partial charge in [0.25, 0.3) is 0 Å². The van der Waals surface area contributed by atoms with Gasteiger partial charge >= 0.3 is 6.09 Å². The molecule has 18 heavy (non-hydrogen) atoms. The highest BCUT2D eigenvalue weighted by Crippen LogP contribution is 2.07. The molecule has 1 rings (SSSR count). The number of amides is 1. The molecule has 98 valence electrons. The molecule has 0 fully saturated rings. The Morgan fingerprint density at radius 3 is 2.44 bits per heavy atom. The number of rotatable bonds is 3. The van der Waals surface area contributed by atoms with Crippen molar-refractivity contribution in [2.45, 2.75) is 39.3 Å². The number of hydrogen-bond acceptors (Lipinski definition) is 2. The maximum atomic E-state index is 11.5. The zero-order chi connectivity index (χ0) is 13.6. The second kappa shape index (κ2) is 6.24. The molecule has 0 bridgehead atoms. The summed E-state index contributed by atoms with van der Waals surface area (Å²) in [5, 5.41) is 2.76. The van der Waals surface area contributed by atoms with E-state index in [1.165, 1.54) is 0 Å². The van der Waals surface area contributed by atoms with Crippen LogP contribution >= 0.6 is 0 Å². The molecule has 0 aliphatic rings. The normalized spacial score (nSPS) is 13.3. The molecule has 1 aromatic rings. The summed E-state index contributed by atoms with van der Waals surface area (Å²) < 4.78 is 5.18. The molecule has 3 nitrogen and oxygen atoms in total. The Hall–Kier alpha value is -1.77. The molecule has 1 aromatic carbocycles. The fourth-order valence-electron chi connectivity index (χ4n) is 1.36. The van der Waals surface area contributed by atoms with Crippen LogP contribution in [-0.2, 0) is 4.74 Å². The number of benzene rings is 1. The van der Waals surface area contributed by atoms with Gasteiger partial charge in [0.15, 0.2) is 0 Å². The van der Waals surface area contributed by atoms with Gasteiger partial charge in [0.1, 0.15) is 5.60 Å². The summed E-state index contributed by atoms with van der Waals surface area (Å²) in [4.78, 5) is 11.5. The summed E-state index contributed by atoms with van der Waals surface area (Å²) >= 11 is 0. The van der Waals surface area contributed by atoms with E-state index in [2.05, 4.69) is 5.32 Å². The van der Waals surface area contributed by atoms with Crippen LogP contribution in [0.1, 0.15) is 33.3 Å². The molecular weight excluding hydrogens is 226 g/mol. The first-order chi connectivity index (χ1) is 8.37. The summed E-state index contributed by atoms with van der Waals surface area (Å²) in [6.45, 7) is 7.44. The first kappa shape index (κ1) is 14.3. The number of hydrogen-bond donors (Lipinski definition) is 1. The predicted molar refractivity (Wildman–Crippen MR) is 74.3 cm³/mol. The van der Waals surface area contributed by atoms with E-state index in [0.717, 1.165) is 5.56 Å². The highest BCUT2D eigenvalue weighted by Gasteiger charge is 2.16. The van der Waals surface area contributed by atoms with Gasteiger partial charge in [0.05, 0.1) is 0 Å². The fraction of sp³-hybridized carbons (Fsp3) is 0.400. The molecule has 3 heteroatoms. The highest BCUT2D eigenvalue weighted by molar-refractivity contribution is 5.68. The Morgan fingerprint density at radius 1 is 1.28 bits per heavy atom. The third kappa shape index (κ3) is 6.09. The summed E-state index contributed by atoms with van der Waals surface area (Å²) in [5.41, 5.74) is 0.641. The third-order valence-corrected chi connectivity index (χ3v) is 2.12. The van der Waals surface area contributed by atoms with Crippen molar-refractivity contribution in [3.05, 3.63) is 42.0 Å². The molecule has 1 atom stereocenters. The van der Waals surface area contributed by atoms with Crippen molar-refractivity contribution in [1.29, 1.82) is 0 Å². The molecule has 0 saturated heterocycles. The molecule has 0 heterocycles. The van der Waals surface area contributed by atoms with Gasteiger partial charge in [-0.15, -0.1) is 0 Å². The van der Waals surface area contributed by atoms with Crippen molar-refractivity contribution >= 4 is 12.2 Å². The van der Waals surface area contributed by atoms with Gasteiger partial charge in [0.2, 0.25) is 0 Å². The number of carbonyl (C=O) groups is 1. The Labute approximate surface area is 109 Å². The minimum absolute atomic E-state index is 0.0694. The minimum Gasteiger partial charge on any atom is -0.444 e. The predicted octanol–water partition coefficient (Wildman–Crippen LogP) is 3.61. The van der Waals surface area contributed by atoms with Crippen LogP contribution in [0.4, 0.5) is 4.79 Å². The second-order valence-corrected chi connectivity index (χ2v) is 5.20. The van der Waals surface area contributed by atoms with Crippen LogP contribution in [0.15, 0.2) is 36.4 Å². The fourth-order valence-corrected chi connectivity index (χ4v) is 1.36. The lowest BCUT2D eigenvalue weighted by Crippen LogP contribution is -2.36. The van der Waals surface area contributed by atoms with Crippen LogP contribution in [0.5, 0.6) is 0 Å². The van der Waals surface area contributed by atoms with Crippen LogP contribution in [0, 0.1) is 0 Å². The average molecular weight is 247 g/mol. The van der Waals surface area contributed by atoms with E-state index in [1.807, 2.05) is 70.2 Å². The van der Waals surface area contributed by atoms with Gasteiger partial charge in [-0.1, -0.05) is 42.5 Å². The average Bonchev–Trinajstić information content (AvgIpc) is 2.25. The quantitative estimate of drug-likeness (QED) is 0.886. The molecule has 0 spiro atoms. The van der Waals surface area contributed by atoms with E-state index in [-0.39, 0.29) is 6.04 Å². The van der Waals surface area contributed by atoms with E-state index < -0.39 is 11.7 Å². The molecule has 1 N–H and O–H groups in total. The van der Waals surface area contributed by atoms with E-state index in [0.29, 0.717) is 0 Å². The van der Waals surface area contributed by atoms with Crippen molar-refractivity contribution in [3.63, 3.8) is 0 Å². The minimum atomic E-state index is -0.465. The van der Waals surface area contributed by atoms with Crippen LogP contribution in [0.25, 0.3) is 6.08 Å². The molecule has 0 aliphatic carbocycles. The van der Waals surface area contributed by atoms with Gasteiger partial charge in [0, 0.05) is 6.04 Å². The Kier molecular flexibility index (Phi) is 4.95. The van der Waals surface area contributed by atoms with Crippen molar-refractivity contribution in [1.82, 2.24) is 5.32 Å². The standard InChI is InChI=1S/C15H21NO2/c1-12(16-14(17)18-15(2,3)4)10-11-13-8-6-5-7-9-13/h5-12H,1-4H3,(H,16,17)/t12-/m0/s1. The zero-order valence-electron chi connectivity index (χ0n) is 11.4. The Balaban J connectivity index is 2.45. The van der Waals surface area contributed by atoms with Crippen LogP contribution in [-0.4, -0.2) is 17.7 Å². The maximum Gasteiger partial charge on any atom is 0.408 e. The van der Waals surface area contributed by atoms with Gasteiger partial charge in [-0.05, 0) is 33.3 Å². The van der Waals surface area contributed by atoms with E-state index in [1.54, 1.807) is 0 Å². The van der Waals surface area contributed by atoms with E-state index in [4.69, 9.17) is 4.74 Å². The Morgan fingerprint density at radius 2 is 1.89 bits per heavy atom. The molecular formula is C15H21NO2. The summed E-state index contributed by atoms with van der Waals surface area (Å²) in [6.07, 6.45) is 3.51. The van der Waals surface area contributed by atoms with E-state index in [9.17, 15) is 4.79 Å². The summed E-state index contributed by atoms with van der Waals surface area (Å²) in [5.74, 6) is 0. The number of alkyl carbamates (subject to hydrolysis) is 1. The Bertz CT molecular complexity index is 404. The van der Waals surface area contributed by atoms with Gasteiger partial charge in [-0.3, -0.25) is 0 Å². The molecule has 0 aromatic heterocycles. The van der Waals surface area contributed by atoms with Crippen molar-refractivity contribution < 1.29 is 9.53 Å². The first-order valence-corrected chi connectivity index (χ1v) is 6.09. The van der Waals surface area contributed by atoms with Crippen LogP contribution in [0.3, 0.4) is 0 Å². The smallest absolute Gasteiger partial charge is 0.408 e. The lowest BCUT2D eigenvalue weighted by atomic mass is 10.2. The largest absolute Gasteiger partial charge is 0.444 e. The molecule has 0 radical (unpaired) electrons. The van der Waals surface area contributed by atoms with Gasteiger partial charge in [-0.2, -0.15) is 0 Å². The molecule has 0 saturated carbocycles. The molecule has 1 amide bonds. The molecule has 0 unspecified atom stereocenters. The SMILES string of the molecule is C[C@@H](C=Cc1ccccc1)NC(=O)OC(C)(C)C. The van der Waals surface area contributed by atoms with Crippen molar-refractivity contribution in [2.24, 2.45) is 0 Å². The lowest BCUT2D eigenvalue weighted by Gasteiger charge is -2.20. The van der Waals surface area contributed by atoms with Gasteiger partial charge in [-0.25, -0.2) is 4.79 Å². The highest BCUT2D eigenvalue weighted by atomic mass is 16.6. The monoisotopic (exact) mass is 247 g/mol. The van der Waals surface area contributed by atoms with Gasteiger partial charge < -0.3 is 10.1 Å². The maximum absolute atomic E-state index is 11.5.